The van der Waals surface area contributed by atoms with Crippen LogP contribution in [0.2, 0.25) is 0 Å². The molecule has 5 rings (SSSR count). The van der Waals surface area contributed by atoms with E-state index in [4.69, 9.17) is 4.98 Å². The van der Waals surface area contributed by atoms with Gasteiger partial charge in [0.2, 0.25) is 0 Å². The molecule has 158 valence electrons. The van der Waals surface area contributed by atoms with E-state index < -0.39 is 0 Å². The molecule has 0 saturated heterocycles. The van der Waals surface area contributed by atoms with Gasteiger partial charge in [-0.25, -0.2) is 9.97 Å². The molecule has 0 saturated carbocycles. The fourth-order valence-electron chi connectivity index (χ4n) is 3.60. The van der Waals surface area contributed by atoms with Crippen molar-refractivity contribution in [2.45, 2.75) is 24.8 Å². The minimum absolute atomic E-state index is 0.121. The minimum atomic E-state index is -0.131. The molecule has 3 heterocycles. The van der Waals surface area contributed by atoms with Crippen LogP contribution in [-0.4, -0.2) is 18.9 Å². The maximum atomic E-state index is 13.4. The Morgan fingerprint density at radius 2 is 1.66 bits per heavy atom. The first-order valence-electron chi connectivity index (χ1n) is 10.2. The van der Waals surface area contributed by atoms with Crippen molar-refractivity contribution in [1.82, 2.24) is 18.9 Å². The lowest BCUT2D eigenvalue weighted by Crippen LogP contribution is -2.22. The zero-order valence-electron chi connectivity index (χ0n) is 17.6. The van der Waals surface area contributed by atoms with Gasteiger partial charge in [-0.15, -0.1) is 0 Å². The first-order valence-corrected chi connectivity index (χ1v) is 11.2. The normalized spacial score (nSPS) is 11.3. The molecule has 0 bridgehead atoms. The molecule has 0 spiro atoms. The Morgan fingerprint density at radius 3 is 2.47 bits per heavy atom. The first kappa shape index (κ1) is 20.2. The lowest BCUT2D eigenvalue weighted by atomic mass is 10.2. The molecule has 2 aromatic carbocycles. The molecule has 0 atom stereocenters. The molecule has 7 heteroatoms. The van der Waals surface area contributed by atoms with Gasteiger partial charge in [-0.2, -0.15) is 0 Å². The molecule has 0 fully saturated rings. The number of thioether (sulfide) groups is 1. The van der Waals surface area contributed by atoms with Crippen LogP contribution in [0.3, 0.4) is 0 Å². The van der Waals surface area contributed by atoms with Crippen LogP contribution in [0.4, 0.5) is 0 Å². The number of hydrogen-bond donors (Lipinski definition) is 0. The van der Waals surface area contributed by atoms with Crippen LogP contribution in [0.15, 0.2) is 87.7 Å². The molecule has 0 radical (unpaired) electrons. The van der Waals surface area contributed by atoms with Crippen molar-refractivity contribution in [3.8, 4) is 5.69 Å². The topological polar surface area (TPSA) is 69.3 Å². The van der Waals surface area contributed by atoms with E-state index in [1.54, 1.807) is 16.8 Å². The lowest BCUT2D eigenvalue weighted by Gasteiger charge is -2.13. The van der Waals surface area contributed by atoms with Gasteiger partial charge in [0.1, 0.15) is 5.65 Å². The second-order valence-electron chi connectivity index (χ2n) is 7.69. The summed E-state index contributed by atoms with van der Waals surface area (Å²) in [4.78, 5) is 35.3. The number of pyridine rings is 1. The molecule has 0 aliphatic carbocycles. The van der Waals surface area contributed by atoms with E-state index in [0.29, 0.717) is 33.2 Å². The highest BCUT2D eigenvalue weighted by molar-refractivity contribution is 7.98. The second kappa shape index (κ2) is 8.09. The molecule has 0 unspecified atom stereocenters. The number of aromatic nitrogens is 4. The molecule has 5 aromatic rings. The Kier molecular flexibility index (Phi) is 5.11. The third-order valence-electron chi connectivity index (χ3n) is 5.26. The summed E-state index contributed by atoms with van der Waals surface area (Å²) < 4.78 is 3.15. The first-order chi connectivity index (χ1) is 15.5. The molecule has 0 aliphatic rings. The fourth-order valence-corrected chi connectivity index (χ4v) is 4.50. The van der Waals surface area contributed by atoms with Crippen LogP contribution in [0.1, 0.15) is 16.8 Å². The monoisotopic (exact) mass is 440 g/mol. The third kappa shape index (κ3) is 3.71. The predicted octanol–water partition coefficient (Wildman–Crippen LogP) is 4.30. The molecule has 0 aliphatic heterocycles. The van der Waals surface area contributed by atoms with Gasteiger partial charge in [0.25, 0.3) is 11.1 Å². The minimum Gasteiger partial charge on any atom is -0.269 e. The van der Waals surface area contributed by atoms with Gasteiger partial charge >= 0.3 is 0 Å². The van der Waals surface area contributed by atoms with Gasteiger partial charge in [-0.05, 0) is 55.8 Å². The van der Waals surface area contributed by atoms with Crippen LogP contribution in [0.25, 0.3) is 22.2 Å². The number of hydrogen-bond acceptors (Lipinski definition) is 5. The maximum Gasteiger partial charge on any atom is 0.266 e. The van der Waals surface area contributed by atoms with Gasteiger partial charge in [-0.3, -0.25) is 18.6 Å². The van der Waals surface area contributed by atoms with Crippen LogP contribution >= 0.6 is 11.8 Å². The number of para-hydroxylation sites is 1. The van der Waals surface area contributed by atoms with Gasteiger partial charge in [-0.1, -0.05) is 41.6 Å². The highest BCUT2D eigenvalue weighted by Crippen LogP contribution is 2.24. The van der Waals surface area contributed by atoms with Crippen molar-refractivity contribution in [3.05, 3.63) is 110 Å². The summed E-state index contributed by atoms with van der Waals surface area (Å²) in [6, 6.07) is 20.4. The van der Waals surface area contributed by atoms with Crippen LogP contribution in [-0.2, 0) is 5.75 Å². The molecule has 0 amide bonds. The quantitative estimate of drug-likeness (QED) is 0.308. The highest BCUT2D eigenvalue weighted by atomic mass is 32.2. The average molecular weight is 441 g/mol. The van der Waals surface area contributed by atoms with Crippen molar-refractivity contribution < 1.29 is 0 Å². The highest BCUT2D eigenvalue weighted by Gasteiger charge is 2.14. The zero-order chi connectivity index (χ0) is 22.2. The maximum absolute atomic E-state index is 13.4. The zero-order valence-corrected chi connectivity index (χ0v) is 18.5. The summed E-state index contributed by atoms with van der Waals surface area (Å²) in [5, 5.41) is 1.12. The largest absolute Gasteiger partial charge is 0.269 e. The third-order valence-corrected chi connectivity index (χ3v) is 6.23. The van der Waals surface area contributed by atoms with E-state index in [-0.39, 0.29) is 11.1 Å². The number of rotatable bonds is 4. The molecule has 3 aromatic heterocycles. The van der Waals surface area contributed by atoms with Gasteiger partial charge in [0, 0.05) is 18.0 Å². The molecule has 6 nitrogen and oxygen atoms in total. The fraction of sp³-hybridized carbons (Fsp3) is 0.120. The Labute approximate surface area is 188 Å². The Morgan fingerprint density at radius 1 is 0.875 bits per heavy atom. The summed E-state index contributed by atoms with van der Waals surface area (Å²) in [7, 11) is 0. The number of fused-ring (bicyclic) bond motifs is 2. The summed E-state index contributed by atoms with van der Waals surface area (Å²) in [6.45, 7) is 3.97. The van der Waals surface area contributed by atoms with E-state index >= 15 is 0 Å². The van der Waals surface area contributed by atoms with Crippen LogP contribution in [0, 0.1) is 13.8 Å². The number of benzene rings is 2. The smallest absolute Gasteiger partial charge is 0.266 e. The van der Waals surface area contributed by atoms with Crippen LogP contribution < -0.4 is 11.1 Å². The summed E-state index contributed by atoms with van der Waals surface area (Å²) in [5.41, 5.74) is 4.54. The van der Waals surface area contributed by atoms with Gasteiger partial charge in [0.15, 0.2) is 5.16 Å². The van der Waals surface area contributed by atoms with E-state index in [2.05, 4.69) is 4.98 Å². The Hall–Kier alpha value is -3.71. The number of aryl methyl sites for hydroxylation is 2. The van der Waals surface area contributed by atoms with Gasteiger partial charge in [0.05, 0.1) is 22.3 Å². The standard InChI is InChI=1S/C25H20N4O2S/c1-16-7-9-19(10-8-16)29-24(31)20-5-3-4-6-21(20)27-25(29)32-15-18-14-23(30)28-12-11-17(2)13-22(28)26-18/h3-14H,15H2,1-2H3. The van der Waals surface area contributed by atoms with Crippen molar-refractivity contribution in [1.29, 1.82) is 0 Å². The van der Waals surface area contributed by atoms with Crippen LogP contribution in [0.5, 0.6) is 0 Å². The van der Waals surface area contributed by atoms with E-state index in [9.17, 15) is 9.59 Å². The molecular formula is C25H20N4O2S. The van der Waals surface area contributed by atoms with Crippen molar-refractivity contribution in [3.63, 3.8) is 0 Å². The average Bonchev–Trinajstić information content (AvgIpc) is 2.78. The summed E-state index contributed by atoms with van der Waals surface area (Å²) in [5.74, 6) is 0.413. The Bertz CT molecular complexity index is 1590. The Balaban J connectivity index is 1.60. The van der Waals surface area contributed by atoms with E-state index in [1.807, 2.05) is 68.4 Å². The lowest BCUT2D eigenvalue weighted by molar-refractivity contribution is 0.818. The second-order valence-corrected chi connectivity index (χ2v) is 8.64. The van der Waals surface area contributed by atoms with Gasteiger partial charge < -0.3 is 0 Å². The molecule has 0 N–H and O–H groups in total. The summed E-state index contributed by atoms with van der Waals surface area (Å²) in [6.07, 6.45) is 1.73. The summed E-state index contributed by atoms with van der Waals surface area (Å²) >= 11 is 1.39. The van der Waals surface area contributed by atoms with Crippen molar-refractivity contribution in [2.75, 3.05) is 0 Å². The molecule has 32 heavy (non-hydrogen) atoms. The van der Waals surface area contributed by atoms with E-state index in [0.717, 1.165) is 16.8 Å². The van der Waals surface area contributed by atoms with E-state index in [1.165, 1.54) is 22.2 Å². The number of nitrogens with zero attached hydrogens (tertiary/aromatic N) is 4. The van der Waals surface area contributed by atoms with Crippen molar-refractivity contribution in [2.24, 2.45) is 0 Å². The van der Waals surface area contributed by atoms with Crippen molar-refractivity contribution >= 4 is 28.3 Å². The SMILES string of the molecule is Cc1ccc(-n2c(SCc3cc(=O)n4ccc(C)cc4n3)nc3ccccc3c2=O)cc1. The molecular weight excluding hydrogens is 420 g/mol. The predicted molar refractivity (Wildman–Crippen MR) is 128 cm³/mol.